The van der Waals surface area contributed by atoms with Gasteiger partial charge in [0.05, 0.1) is 17.0 Å². The maximum Gasteiger partial charge on any atom is 0.310 e. The number of nitro benzene ring substituents is 1. The second kappa shape index (κ2) is 8.92. The summed E-state index contributed by atoms with van der Waals surface area (Å²) >= 11 is 0. The lowest BCUT2D eigenvalue weighted by molar-refractivity contribution is -0.385. The molecule has 0 spiro atoms. The van der Waals surface area contributed by atoms with Gasteiger partial charge in [-0.05, 0) is 24.1 Å². The molecule has 9 heteroatoms. The molecule has 0 aliphatic rings. The van der Waals surface area contributed by atoms with E-state index in [4.69, 9.17) is 4.74 Å². The molecule has 3 rings (SSSR count). The minimum absolute atomic E-state index is 0.0190. The Labute approximate surface area is 176 Å². The molecular weight excluding hydrogens is 402 g/mol. The summed E-state index contributed by atoms with van der Waals surface area (Å²) in [5.74, 6) is -1.44. The number of nitro groups is 1. The fourth-order valence-corrected chi connectivity index (χ4v) is 3.14. The molecule has 3 aromatic rings. The van der Waals surface area contributed by atoms with Crippen molar-refractivity contribution in [1.29, 1.82) is 5.26 Å². The van der Waals surface area contributed by atoms with Crippen LogP contribution in [-0.4, -0.2) is 27.0 Å². The molecule has 1 heterocycles. The summed E-state index contributed by atoms with van der Waals surface area (Å²) < 4.78 is 6.26. The van der Waals surface area contributed by atoms with Crippen LogP contribution in [0.2, 0.25) is 0 Å². The molecule has 31 heavy (non-hydrogen) atoms. The van der Waals surface area contributed by atoms with Crippen LogP contribution in [0, 0.1) is 28.4 Å². The Morgan fingerprint density at radius 1 is 1.19 bits per heavy atom. The number of aromatic hydroxyl groups is 1. The van der Waals surface area contributed by atoms with Crippen molar-refractivity contribution < 1.29 is 19.6 Å². The number of nitrogens with zero attached hydrogens (tertiary/aromatic N) is 3. The van der Waals surface area contributed by atoms with Gasteiger partial charge in [-0.25, -0.2) is 0 Å². The number of carbonyl (C=O) groups excluding carboxylic acids is 1. The summed E-state index contributed by atoms with van der Waals surface area (Å²) in [7, 11) is 0. The van der Waals surface area contributed by atoms with E-state index in [0.29, 0.717) is 5.56 Å². The second-order valence-corrected chi connectivity index (χ2v) is 6.62. The fraction of sp³-hybridized carbons (Fsp3) is 0.136. The molecule has 0 amide bonds. The topological polar surface area (TPSA) is 135 Å². The lowest BCUT2D eigenvalue weighted by Crippen LogP contribution is -2.28. The van der Waals surface area contributed by atoms with Gasteiger partial charge in [0, 0.05) is 6.07 Å². The number of hydrogen-bond acceptors (Lipinski definition) is 7. The molecule has 0 atom stereocenters. The Bertz CT molecular complexity index is 1260. The SMILES string of the molecule is Cc1c(C(=O)COc2ccccc2[N+](=O)[O-])c(O)n(Cc2ccccc2)c(=O)c1C#N. The Morgan fingerprint density at radius 3 is 2.48 bits per heavy atom. The van der Waals surface area contributed by atoms with Crippen LogP contribution < -0.4 is 10.3 Å². The number of carbonyl (C=O) groups is 1. The fourth-order valence-electron chi connectivity index (χ4n) is 3.14. The zero-order chi connectivity index (χ0) is 22.5. The van der Waals surface area contributed by atoms with Crippen LogP contribution in [0.25, 0.3) is 0 Å². The smallest absolute Gasteiger partial charge is 0.310 e. The van der Waals surface area contributed by atoms with E-state index in [0.717, 1.165) is 4.57 Å². The number of aromatic nitrogens is 1. The number of hydrogen-bond donors (Lipinski definition) is 1. The summed E-state index contributed by atoms with van der Waals surface area (Å²) in [6.45, 7) is 0.699. The Hall–Kier alpha value is -4.45. The van der Waals surface area contributed by atoms with Crippen molar-refractivity contribution in [3.05, 3.63) is 97.3 Å². The van der Waals surface area contributed by atoms with E-state index in [1.54, 1.807) is 36.4 Å². The van der Waals surface area contributed by atoms with Crippen LogP contribution in [0.1, 0.15) is 27.0 Å². The number of Topliss-reactive ketones (excluding diaryl/α,β-unsaturated/α-hetero) is 1. The number of nitriles is 1. The average Bonchev–Trinajstić information content (AvgIpc) is 2.76. The van der Waals surface area contributed by atoms with E-state index in [-0.39, 0.29) is 34.7 Å². The van der Waals surface area contributed by atoms with Gasteiger partial charge in [0.15, 0.2) is 12.4 Å². The van der Waals surface area contributed by atoms with Crippen LogP contribution in [0.15, 0.2) is 59.4 Å². The lowest BCUT2D eigenvalue weighted by Gasteiger charge is -2.16. The van der Waals surface area contributed by atoms with Crippen LogP contribution in [0.3, 0.4) is 0 Å². The van der Waals surface area contributed by atoms with E-state index >= 15 is 0 Å². The zero-order valence-electron chi connectivity index (χ0n) is 16.4. The van der Waals surface area contributed by atoms with E-state index in [2.05, 4.69) is 0 Å². The molecule has 0 aliphatic carbocycles. The maximum atomic E-state index is 12.8. The van der Waals surface area contributed by atoms with Crippen LogP contribution in [0.4, 0.5) is 5.69 Å². The number of ether oxygens (including phenoxy) is 1. The quantitative estimate of drug-likeness (QED) is 0.353. The van der Waals surface area contributed by atoms with Gasteiger partial charge >= 0.3 is 5.69 Å². The molecule has 0 aliphatic heterocycles. The molecule has 0 radical (unpaired) electrons. The van der Waals surface area contributed by atoms with Crippen LogP contribution in [-0.2, 0) is 6.54 Å². The first-order chi connectivity index (χ1) is 14.8. The monoisotopic (exact) mass is 419 g/mol. The first-order valence-electron chi connectivity index (χ1n) is 9.15. The highest BCUT2D eigenvalue weighted by Gasteiger charge is 2.25. The third-order valence-electron chi connectivity index (χ3n) is 4.68. The lowest BCUT2D eigenvalue weighted by atomic mass is 10.0. The normalized spacial score (nSPS) is 10.3. The molecule has 1 N–H and O–H groups in total. The molecule has 9 nitrogen and oxygen atoms in total. The number of rotatable bonds is 7. The summed E-state index contributed by atoms with van der Waals surface area (Å²) in [6, 6.07) is 16.1. The van der Waals surface area contributed by atoms with Gasteiger partial charge in [-0.15, -0.1) is 0 Å². The zero-order valence-corrected chi connectivity index (χ0v) is 16.4. The highest BCUT2D eigenvalue weighted by Crippen LogP contribution is 2.27. The van der Waals surface area contributed by atoms with E-state index in [1.165, 1.54) is 31.2 Å². The molecule has 156 valence electrons. The third kappa shape index (κ3) is 4.28. The third-order valence-corrected chi connectivity index (χ3v) is 4.68. The van der Waals surface area contributed by atoms with Gasteiger partial charge in [-0.2, -0.15) is 5.26 Å². The van der Waals surface area contributed by atoms with Gasteiger partial charge in [0.2, 0.25) is 11.7 Å². The number of pyridine rings is 1. The van der Waals surface area contributed by atoms with Gasteiger partial charge in [0.25, 0.3) is 5.56 Å². The van der Waals surface area contributed by atoms with Gasteiger partial charge in [-0.1, -0.05) is 42.5 Å². The predicted molar refractivity (Wildman–Crippen MR) is 110 cm³/mol. The Balaban J connectivity index is 2.00. The van der Waals surface area contributed by atoms with Crippen molar-refractivity contribution in [2.75, 3.05) is 6.61 Å². The molecule has 2 aromatic carbocycles. The number of para-hydroxylation sites is 2. The van der Waals surface area contributed by atoms with Crippen molar-refractivity contribution in [3.8, 4) is 17.7 Å². The summed E-state index contributed by atoms with van der Waals surface area (Å²) in [6.07, 6.45) is 0. The molecule has 0 saturated carbocycles. The van der Waals surface area contributed by atoms with Crippen LogP contribution in [0.5, 0.6) is 11.6 Å². The largest absolute Gasteiger partial charge is 0.494 e. The van der Waals surface area contributed by atoms with E-state index in [1.807, 2.05) is 0 Å². The second-order valence-electron chi connectivity index (χ2n) is 6.62. The Morgan fingerprint density at radius 2 is 1.84 bits per heavy atom. The Kier molecular flexibility index (Phi) is 6.12. The van der Waals surface area contributed by atoms with Gasteiger partial charge in [0.1, 0.15) is 11.6 Å². The molecule has 0 unspecified atom stereocenters. The van der Waals surface area contributed by atoms with Gasteiger partial charge < -0.3 is 9.84 Å². The van der Waals surface area contributed by atoms with E-state index < -0.39 is 28.8 Å². The first kappa shape index (κ1) is 21.3. The molecule has 0 saturated heterocycles. The minimum Gasteiger partial charge on any atom is -0.494 e. The highest BCUT2D eigenvalue weighted by atomic mass is 16.6. The van der Waals surface area contributed by atoms with Crippen molar-refractivity contribution >= 4 is 11.5 Å². The highest BCUT2D eigenvalue weighted by molar-refractivity contribution is 6.01. The average molecular weight is 419 g/mol. The van der Waals surface area contributed by atoms with Gasteiger partial charge in [-0.3, -0.25) is 24.3 Å². The summed E-state index contributed by atoms with van der Waals surface area (Å²) in [5.41, 5.74) is -0.860. The molecular formula is C22H17N3O6. The van der Waals surface area contributed by atoms with Crippen molar-refractivity contribution in [1.82, 2.24) is 4.57 Å². The van der Waals surface area contributed by atoms with Crippen molar-refractivity contribution in [3.63, 3.8) is 0 Å². The van der Waals surface area contributed by atoms with Crippen LogP contribution >= 0.6 is 0 Å². The van der Waals surface area contributed by atoms with Crippen molar-refractivity contribution in [2.45, 2.75) is 13.5 Å². The number of benzene rings is 2. The standard InChI is InChI=1S/C22H17N3O6/c1-14-16(11-23)21(27)24(12-15-7-3-2-4-8-15)22(28)20(14)18(26)13-31-19-10-6-5-9-17(19)25(29)30/h2-10,28H,12-13H2,1H3. The molecule has 0 bridgehead atoms. The van der Waals surface area contributed by atoms with E-state index in [9.17, 15) is 30.1 Å². The predicted octanol–water partition coefficient (Wildman–Crippen LogP) is 2.95. The summed E-state index contributed by atoms with van der Waals surface area (Å²) in [5, 5.41) is 31.3. The van der Waals surface area contributed by atoms with Crippen molar-refractivity contribution in [2.24, 2.45) is 0 Å². The minimum atomic E-state index is -0.730. The summed E-state index contributed by atoms with van der Waals surface area (Å²) in [4.78, 5) is 36.0. The molecule has 0 fully saturated rings. The first-order valence-corrected chi connectivity index (χ1v) is 9.15. The number of ketones is 1. The maximum absolute atomic E-state index is 12.8. The molecule has 1 aromatic heterocycles.